The monoisotopic (exact) mass is 255 g/mol. The van der Waals surface area contributed by atoms with Gasteiger partial charge in [0.05, 0.1) is 0 Å². The van der Waals surface area contributed by atoms with E-state index in [1.54, 1.807) is 0 Å². The lowest BCUT2D eigenvalue weighted by Gasteiger charge is -2.46. The number of carbonyl (C=O) groups excluding carboxylic acids is 1. The molecule has 0 bridgehead atoms. The summed E-state index contributed by atoms with van der Waals surface area (Å²) in [7, 11) is 0. The van der Waals surface area contributed by atoms with Crippen LogP contribution in [-0.4, -0.2) is 34.9 Å². The van der Waals surface area contributed by atoms with Crippen LogP contribution in [0.2, 0.25) is 0 Å². The lowest BCUT2D eigenvalue weighted by atomic mass is 9.61. The maximum Gasteiger partial charge on any atom is 0.236 e. The zero-order valence-electron chi connectivity index (χ0n) is 11.6. The second kappa shape index (κ2) is 6.07. The number of hydrogen-bond donors (Lipinski definition) is 2. The highest BCUT2D eigenvalue weighted by atomic mass is 16.4. The predicted molar refractivity (Wildman–Crippen MR) is 71.4 cm³/mol. The molecule has 0 unspecified atom stereocenters. The summed E-state index contributed by atoms with van der Waals surface area (Å²) in [4.78, 5) is 14.4. The van der Waals surface area contributed by atoms with Crippen LogP contribution in [0.4, 0.5) is 0 Å². The van der Waals surface area contributed by atoms with Gasteiger partial charge in [-0.1, -0.05) is 25.4 Å². The standard InChI is InChI=1S/C13H25N3O2/c1-4-6-7-16(5-2)12(17)13(11(14)15-18)8-10(3)9-13/h10,18H,4-9H2,1-3H3,(H2,14,15). The highest BCUT2D eigenvalue weighted by Gasteiger charge is 2.53. The summed E-state index contributed by atoms with van der Waals surface area (Å²) in [5, 5.41) is 12.0. The fraction of sp³-hybridized carbons (Fsp3) is 0.846. The Morgan fingerprint density at radius 1 is 1.50 bits per heavy atom. The molecule has 1 amide bonds. The number of rotatable bonds is 6. The van der Waals surface area contributed by atoms with Crippen LogP contribution in [-0.2, 0) is 4.79 Å². The maximum atomic E-state index is 12.6. The molecule has 1 aliphatic carbocycles. The zero-order chi connectivity index (χ0) is 13.8. The highest BCUT2D eigenvalue weighted by molar-refractivity contribution is 6.07. The van der Waals surface area contributed by atoms with E-state index in [-0.39, 0.29) is 11.7 Å². The van der Waals surface area contributed by atoms with Crippen molar-refractivity contribution in [2.75, 3.05) is 13.1 Å². The van der Waals surface area contributed by atoms with Crippen LogP contribution in [0.3, 0.4) is 0 Å². The Balaban J connectivity index is 2.83. The number of amidine groups is 1. The van der Waals surface area contributed by atoms with Gasteiger partial charge in [0, 0.05) is 13.1 Å². The van der Waals surface area contributed by atoms with Gasteiger partial charge in [-0.25, -0.2) is 0 Å². The van der Waals surface area contributed by atoms with Gasteiger partial charge in [-0.15, -0.1) is 0 Å². The van der Waals surface area contributed by atoms with Crippen molar-refractivity contribution in [2.45, 2.75) is 46.5 Å². The number of hydrogen-bond acceptors (Lipinski definition) is 3. The van der Waals surface area contributed by atoms with E-state index in [4.69, 9.17) is 10.9 Å². The first-order valence-corrected chi connectivity index (χ1v) is 6.79. The quantitative estimate of drug-likeness (QED) is 0.329. The molecule has 3 N–H and O–H groups in total. The third-order valence-electron chi connectivity index (χ3n) is 3.85. The summed E-state index contributed by atoms with van der Waals surface area (Å²) in [5.74, 6) is 0.548. The fourth-order valence-corrected chi connectivity index (χ4v) is 2.77. The molecule has 104 valence electrons. The van der Waals surface area contributed by atoms with Crippen LogP contribution in [0, 0.1) is 11.3 Å². The maximum absolute atomic E-state index is 12.6. The Hall–Kier alpha value is -1.26. The third-order valence-corrected chi connectivity index (χ3v) is 3.85. The molecule has 5 nitrogen and oxygen atoms in total. The lowest BCUT2D eigenvalue weighted by molar-refractivity contribution is -0.144. The van der Waals surface area contributed by atoms with Crippen molar-refractivity contribution in [3.8, 4) is 0 Å². The lowest BCUT2D eigenvalue weighted by Crippen LogP contribution is -2.57. The summed E-state index contributed by atoms with van der Waals surface area (Å²) in [6.45, 7) is 7.57. The molecular formula is C13H25N3O2. The van der Waals surface area contributed by atoms with E-state index in [1.807, 2.05) is 11.8 Å². The summed E-state index contributed by atoms with van der Waals surface area (Å²) in [6.07, 6.45) is 3.41. The van der Waals surface area contributed by atoms with E-state index in [0.717, 1.165) is 19.4 Å². The molecule has 0 spiro atoms. The van der Waals surface area contributed by atoms with Crippen molar-refractivity contribution in [1.82, 2.24) is 4.90 Å². The largest absolute Gasteiger partial charge is 0.409 e. The van der Waals surface area contributed by atoms with E-state index in [0.29, 0.717) is 25.3 Å². The minimum Gasteiger partial charge on any atom is -0.409 e. The first kappa shape index (κ1) is 14.8. The van der Waals surface area contributed by atoms with Gasteiger partial charge in [-0.05, 0) is 32.1 Å². The molecule has 0 atom stereocenters. The minimum absolute atomic E-state index is 0.0202. The number of carbonyl (C=O) groups is 1. The van der Waals surface area contributed by atoms with E-state index in [1.165, 1.54) is 0 Å². The second-order valence-corrected chi connectivity index (χ2v) is 5.32. The predicted octanol–water partition coefficient (Wildman–Crippen LogP) is 1.80. The molecule has 1 rings (SSSR count). The molecule has 0 heterocycles. The summed E-state index contributed by atoms with van der Waals surface area (Å²) in [5.41, 5.74) is 5.00. The molecule has 1 fully saturated rings. The Bertz CT molecular complexity index is 322. The molecule has 1 saturated carbocycles. The Labute approximate surface area is 109 Å². The van der Waals surface area contributed by atoms with Gasteiger partial charge in [0.25, 0.3) is 0 Å². The molecule has 1 aliphatic rings. The fourth-order valence-electron chi connectivity index (χ4n) is 2.77. The average molecular weight is 255 g/mol. The number of nitrogens with two attached hydrogens (primary N) is 1. The van der Waals surface area contributed by atoms with Crippen LogP contribution in [0.25, 0.3) is 0 Å². The zero-order valence-corrected chi connectivity index (χ0v) is 11.6. The molecule has 0 aromatic heterocycles. The van der Waals surface area contributed by atoms with Crippen LogP contribution in [0.5, 0.6) is 0 Å². The van der Waals surface area contributed by atoms with Crippen LogP contribution in [0.1, 0.15) is 46.5 Å². The first-order chi connectivity index (χ1) is 8.51. The van der Waals surface area contributed by atoms with Crippen molar-refractivity contribution < 1.29 is 10.0 Å². The van der Waals surface area contributed by atoms with E-state index in [2.05, 4.69) is 19.0 Å². The number of amides is 1. The summed E-state index contributed by atoms with van der Waals surface area (Å²) >= 11 is 0. The Morgan fingerprint density at radius 3 is 2.50 bits per heavy atom. The van der Waals surface area contributed by atoms with Gasteiger partial charge < -0.3 is 15.8 Å². The number of nitrogens with zero attached hydrogens (tertiary/aromatic N) is 2. The second-order valence-electron chi connectivity index (χ2n) is 5.32. The normalized spacial score (nSPS) is 27.7. The average Bonchev–Trinajstić information content (AvgIpc) is 2.34. The van der Waals surface area contributed by atoms with Crippen molar-refractivity contribution >= 4 is 11.7 Å². The molecule has 0 saturated heterocycles. The summed E-state index contributed by atoms with van der Waals surface area (Å²) < 4.78 is 0. The van der Waals surface area contributed by atoms with E-state index >= 15 is 0 Å². The van der Waals surface area contributed by atoms with Crippen LogP contribution in [0.15, 0.2) is 5.16 Å². The van der Waals surface area contributed by atoms with Crippen molar-refractivity contribution in [3.05, 3.63) is 0 Å². The molecule has 0 radical (unpaired) electrons. The minimum atomic E-state index is -0.752. The molecule has 0 aromatic carbocycles. The topological polar surface area (TPSA) is 78.9 Å². The molecular weight excluding hydrogens is 230 g/mol. The van der Waals surface area contributed by atoms with Gasteiger partial charge >= 0.3 is 0 Å². The molecule has 5 heteroatoms. The van der Waals surface area contributed by atoms with Gasteiger partial charge in [-0.2, -0.15) is 0 Å². The first-order valence-electron chi connectivity index (χ1n) is 6.79. The van der Waals surface area contributed by atoms with E-state index < -0.39 is 5.41 Å². The van der Waals surface area contributed by atoms with Crippen molar-refractivity contribution in [2.24, 2.45) is 22.2 Å². The molecule has 0 aromatic rings. The van der Waals surface area contributed by atoms with Gasteiger partial charge in [0.1, 0.15) is 5.41 Å². The van der Waals surface area contributed by atoms with Crippen LogP contribution >= 0.6 is 0 Å². The molecule has 18 heavy (non-hydrogen) atoms. The van der Waals surface area contributed by atoms with Gasteiger partial charge in [-0.3, -0.25) is 4.79 Å². The van der Waals surface area contributed by atoms with Crippen molar-refractivity contribution in [1.29, 1.82) is 0 Å². The van der Waals surface area contributed by atoms with Gasteiger partial charge in [0.15, 0.2) is 5.84 Å². The highest BCUT2D eigenvalue weighted by Crippen LogP contribution is 2.47. The third kappa shape index (κ3) is 2.60. The smallest absolute Gasteiger partial charge is 0.236 e. The molecule has 0 aliphatic heterocycles. The summed E-state index contributed by atoms with van der Waals surface area (Å²) in [6, 6.07) is 0. The number of oxime groups is 1. The van der Waals surface area contributed by atoms with Gasteiger partial charge in [0.2, 0.25) is 5.91 Å². The number of unbranched alkanes of at least 4 members (excludes halogenated alkanes) is 1. The SMILES string of the molecule is CCCCN(CC)C(=O)C1(C(N)=NO)CC(C)C1. The van der Waals surface area contributed by atoms with E-state index in [9.17, 15) is 4.79 Å². The Morgan fingerprint density at radius 2 is 2.11 bits per heavy atom. The van der Waals surface area contributed by atoms with Crippen molar-refractivity contribution in [3.63, 3.8) is 0 Å². The Kier molecular flexibility index (Phi) is 4.99. The van der Waals surface area contributed by atoms with Crippen LogP contribution < -0.4 is 5.73 Å².